The molecule has 1 saturated carbocycles. The lowest BCUT2D eigenvalue weighted by Gasteiger charge is -2.42. The molecule has 1 aromatic rings. The molecule has 1 aromatic heterocycles. The minimum atomic E-state index is -0.621. The SMILES string of the molecule is CCOC(=O)C1=C(C[NH+]2CCC[C@H]3CCCC[C@@H]32)NC(=O)N[C@@H]1c1ccco1. The first kappa shape index (κ1) is 19.1. The molecule has 1 aliphatic carbocycles. The summed E-state index contributed by atoms with van der Waals surface area (Å²) in [6, 6.07) is 3.23. The van der Waals surface area contributed by atoms with Gasteiger partial charge >= 0.3 is 12.0 Å². The van der Waals surface area contributed by atoms with Crippen molar-refractivity contribution in [1.29, 1.82) is 0 Å². The van der Waals surface area contributed by atoms with Gasteiger partial charge in [-0.25, -0.2) is 9.59 Å². The van der Waals surface area contributed by atoms with E-state index in [1.54, 1.807) is 25.3 Å². The van der Waals surface area contributed by atoms with Crippen LogP contribution < -0.4 is 15.5 Å². The molecule has 3 heterocycles. The van der Waals surface area contributed by atoms with Gasteiger partial charge in [0.2, 0.25) is 0 Å². The number of amides is 2. The van der Waals surface area contributed by atoms with Gasteiger partial charge in [0.1, 0.15) is 18.3 Å². The number of urea groups is 1. The monoisotopic (exact) mass is 388 g/mol. The zero-order chi connectivity index (χ0) is 19.5. The summed E-state index contributed by atoms with van der Waals surface area (Å²) in [5.41, 5.74) is 1.13. The van der Waals surface area contributed by atoms with E-state index in [0.29, 0.717) is 29.6 Å². The first-order valence-corrected chi connectivity index (χ1v) is 10.5. The molecule has 7 nitrogen and oxygen atoms in total. The predicted molar refractivity (Wildman–Crippen MR) is 102 cm³/mol. The Morgan fingerprint density at radius 2 is 2.11 bits per heavy atom. The van der Waals surface area contributed by atoms with Crippen molar-refractivity contribution >= 4 is 12.0 Å². The number of nitrogens with one attached hydrogen (secondary N) is 3. The molecule has 28 heavy (non-hydrogen) atoms. The Kier molecular flexibility index (Phi) is 5.71. The third-order valence-electron chi connectivity index (χ3n) is 6.39. The topological polar surface area (TPSA) is 85.0 Å². The van der Waals surface area contributed by atoms with E-state index in [-0.39, 0.29) is 12.6 Å². The van der Waals surface area contributed by atoms with Crippen molar-refractivity contribution < 1.29 is 23.6 Å². The zero-order valence-electron chi connectivity index (χ0n) is 16.5. The average Bonchev–Trinajstić information content (AvgIpc) is 3.23. The Labute approximate surface area is 165 Å². The number of carbonyl (C=O) groups is 2. The highest BCUT2D eigenvalue weighted by Crippen LogP contribution is 2.30. The van der Waals surface area contributed by atoms with Gasteiger partial charge in [-0.15, -0.1) is 0 Å². The van der Waals surface area contributed by atoms with Gasteiger partial charge in [0.15, 0.2) is 0 Å². The number of hydrogen-bond acceptors (Lipinski definition) is 4. The molecule has 152 valence electrons. The summed E-state index contributed by atoms with van der Waals surface area (Å²) in [5, 5.41) is 5.73. The number of esters is 1. The van der Waals surface area contributed by atoms with Crippen LogP contribution in [0.25, 0.3) is 0 Å². The summed E-state index contributed by atoms with van der Waals surface area (Å²) >= 11 is 0. The van der Waals surface area contributed by atoms with Crippen molar-refractivity contribution in [2.24, 2.45) is 5.92 Å². The summed E-state index contributed by atoms with van der Waals surface area (Å²) < 4.78 is 10.8. The van der Waals surface area contributed by atoms with E-state index < -0.39 is 12.0 Å². The summed E-state index contributed by atoms with van der Waals surface area (Å²) in [5.74, 6) is 0.907. The van der Waals surface area contributed by atoms with Crippen molar-refractivity contribution in [1.82, 2.24) is 10.6 Å². The molecule has 2 amide bonds. The fourth-order valence-corrected chi connectivity index (χ4v) is 5.19. The number of furan rings is 1. The predicted octanol–water partition coefficient (Wildman–Crippen LogP) is 1.69. The number of quaternary nitrogens is 1. The Balaban J connectivity index is 1.66. The molecule has 3 aliphatic rings. The van der Waals surface area contributed by atoms with Crippen LogP contribution in [-0.2, 0) is 9.53 Å². The highest BCUT2D eigenvalue weighted by atomic mass is 16.5. The summed E-state index contributed by atoms with van der Waals surface area (Å²) in [6.07, 6.45) is 9.20. The van der Waals surface area contributed by atoms with E-state index in [9.17, 15) is 9.59 Å². The van der Waals surface area contributed by atoms with Crippen molar-refractivity contribution in [3.63, 3.8) is 0 Å². The van der Waals surface area contributed by atoms with Crippen LogP contribution >= 0.6 is 0 Å². The maximum Gasteiger partial charge on any atom is 0.338 e. The van der Waals surface area contributed by atoms with Crippen LogP contribution in [0.1, 0.15) is 57.3 Å². The van der Waals surface area contributed by atoms with Gasteiger partial charge in [0.25, 0.3) is 0 Å². The van der Waals surface area contributed by atoms with Gasteiger partial charge in [-0.2, -0.15) is 0 Å². The van der Waals surface area contributed by atoms with E-state index in [1.165, 1.54) is 43.4 Å². The Hall–Kier alpha value is -2.28. The molecule has 4 rings (SSSR count). The average molecular weight is 388 g/mol. The largest absolute Gasteiger partial charge is 0.467 e. The zero-order valence-corrected chi connectivity index (χ0v) is 16.5. The first-order valence-electron chi connectivity index (χ1n) is 10.5. The van der Waals surface area contributed by atoms with E-state index in [0.717, 1.165) is 12.5 Å². The molecule has 0 bridgehead atoms. The number of piperidine rings is 1. The van der Waals surface area contributed by atoms with Crippen molar-refractivity contribution in [3.05, 3.63) is 35.4 Å². The lowest BCUT2D eigenvalue weighted by Crippen LogP contribution is -3.18. The molecule has 3 N–H and O–H groups in total. The van der Waals surface area contributed by atoms with Gasteiger partial charge in [-0.1, -0.05) is 6.42 Å². The Morgan fingerprint density at radius 3 is 2.89 bits per heavy atom. The molecule has 0 aromatic carbocycles. The van der Waals surface area contributed by atoms with Crippen LogP contribution in [-0.4, -0.2) is 37.7 Å². The van der Waals surface area contributed by atoms with Gasteiger partial charge < -0.3 is 24.7 Å². The minimum absolute atomic E-state index is 0.287. The minimum Gasteiger partial charge on any atom is -0.467 e. The lowest BCUT2D eigenvalue weighted by molar-refractivity contribution is -0.932. The van der Waals surface area contributed by atoms with E-state index in [2.05, 4.69) is 10.6 Å². The van der Waals surface area contributed by atoms with Crippen molar-refractivity contribution in [2.45, 2.75) is 57.5 Å². The van der Waals surface area contributed by atoms with E-state index >= 15 is 0 Å². The second kappa shape index (κ2) is 8.39. The van der Waals surface area contributed by atoms with Crippen LogP contribution in [0.3, 0.4) is 0 Å². The fourth-order valence-electron chi connectivity index (χ4n) is 5.19. The molecule has 0 spiro atoms. The van der Waals surface area contributed by atoms with Gasteiger partial charge in [0, 0.05) is 5.92 Å². The Bertz CT molecular complexity index is 741. The van der Waals surface area contributed by atoms with E-state index in [4.69, 9.17) is 9.15 Å². The second-order valence-electron chi connectivity index (χ2n) is 8.04. The molecular formula is C21H30N3O4+. The van der Waals surface area contributed by atoms with Gasteiger partial charge in [-0.05, 0) is 51.2 Å². The highest BCUT2D eigenvalue weighted by molar-refractivity contribution is 5.95. The van der Waals surface area contributed by atoms with Crippen molar-refractivity contribution in [2.75, 3.05) is 19.7 Å². The normalized spacial score (nSPS) is 30.2. The number of hydrogen-bond donors (Lipinski definition) is 3. The maximum atomic E-state index is 12.8. The van der Waals surface area contributed by atoms with Gasteiger partial charge in [-0.3, -0.25) is 0 Å². The molecule has 1 saturated heterocycles. The summed E-state index contributed by atoms with van der Waals surface area (Å²) in [7, 11) is 0. The molecule has 4 atom stereocenters. The molecule has 0 radical (unpaired) electrons. The van der Waals surface area contributed by atoms with E-state index in [1.807, 2.05) is 0 Å². The lowest BCUT2D eigenvalue weighted by atomic mass is 9.78. The van der Waals surface area contributed by atoms with Crippen LogP contribution in [0.5, 0.6) is 0 Å². The molecule has 2 aliphatic heterocycles. The third-order valence-corrected chi connectivity index (χ3v) is 6.39. The number of fused-ring (bicyclic) bond motifs is 1. The molecule has 2 fully saturated rings. The van der Waals surface area contributed by atoms with Gasteiger partial charge in [0.05, 0.1) is 36.7 Å². The van der Waals surface area contributed by atoms with Crippen molar-refractivity contribution in [3.8, 4) is 0 Å². The summed E-state index contributed by atoms with van der Waals surface area (Å²) in [6.45, 7) is 3.79. The molecule has 1 unspecified atom stereocenters. The number of rotatable bonds is 5. The van der Waals surface area contributed by atoms with Crippen LogP contribution in [0.15, 0.2) is 34.1 Å². The van der Waals surface area contributed by atoms with Crippen LogP contribution in [0.4, 0.5) is 4.79 Å². The second-order valence-corrected chi connectivity index (χ2v) is 8.04. The van der Waals surface area contributed by atoms with Crippen LogP contribution in [0.2, 0.25) is 0 Å². The third kappa shape index (κ3) is 3.81. The first-order chi connectivity index (χ1) is 13.7. The molecule has 7 heteroatoms. The quantitative estimate of drug-likeness (QED) is 0.670. The number of carbonyl (C=O) groups excluding carboxylic acids is 2. The smallest absolute Gasteiger partial charge is 0.338 e. The summed E-state index contributed by atoms with van der Waals surface area (Å²) in [4.78, 5) is 26.7. The number of likely N-dealkylation sites (tertiary alicyclic amines) is 1. The standard InChI is InChI=1S/C21H29N3O4/c1-2-27-20(25)18-15(22-21(26)23-19(18)17-10-6-12-28-17)13-24-11-5-8-14-7-3-4-9-16(14)24/h6,10,12,14,16,19H,2-5,7-9,11,13H2,1H3,(H2,22,23,26)/p+1/t14-,16+,19-/m1/s1. The fraction of sp³-hybridized carbons (Fsp3) is 0.619. The Morgan fingerprint density at radius 1 is 1.29 bits per heavy atom. The highest BCUT2D eigenvalue weighted by Gasteiger charge is 2.40. The molecular weight excluding hydrogens is 358 g/mol. The number of ether oxygens (including phenoxy) is 1. The maximum absolute atomic E-state index is 12.8. The van der Waals surface area contributed by atoms with Crippen LogP contribution in [0, 0.1) is 5.92 Å².